The summed E-state index contributed by atoms with van der Waals surface area (Å²) < 4.78 is 5.18. The van der Waals surface area contributed by atoms with Gasteiger partial charge < -0.3 is 10.1 Å². The molecule has 1 aromatic rings. The summed E-state index contributed by atoms with van der Waals surface area (Å²) in [6, 6.07) is 6.69. The number of benzene rings is 1. The van der Waals surface area contributed by atoms with E-state index in [1.54, 1.807) is 7.11 Å². The predicted octanol–water partition coefficient (Wildman–Crippen LogP) is 2.53. The number of halogens is 1. The standard InChI is InChI=1S/C14H21ClN2O/c1-3-17(12-6-7-16-9-12)10-11-4-5-14(18-2)13(15)8-11/h4-5,8,12,16H,3,6-7,9-10H2,1-2H3. The molecule has 1 aliphatic heterocycles. The predicted molar refractivity (Wildman–Crippen MR) is 75.4 cm³/mol. The zero-order valence-corrected chi connectivity index (χ0v) is 11.8. The lowest BCUT2D eigenvalue weighted by molar-refractivity contribution is 0.210. The summed E-state index contributed by atoms with van der Waals surface area (Å²) in [4.78, 5) is 2.50. The van der Waals surface area contributed by atoms with E-state index in [2.05, 4.69) is 23.2 Å². The highest BCUT2D eigenvalue weighted by Crippen LogP contribution is 2.26. The fourth-order valence-electron chi connectivity index (χ4n) is 2.49. The molecule has 0 spiro atoms. The van der Waals surface area contributed by atoms with Gasteiger partial charge in [-0.3, -0.25) is 4.90 Å². The first-order valence-corrected chi connectivity index (χ1v) is 6.89. The maximum Gasteiger partial charge on any atom is 0.137 e. The zero-order valence-electron chi connectivity index (χ0n) is 11.1. The number of nitrogens with one attached hydrogen (secondary N) is 1. The number of ether oxygens (including phenoxy) is 1. The molecular weight excluding hydrogens is 248 g/mol. The summed E-state index contributed by atoms with van der Waals surface area (Å²) >= 11 is 6.16. The van der Waals surface area contributed by atoms with Crippen LogP contribution in [-0.2, 0) is 6.54 Å². The summed E-state index contributed by atoms with van der Waals surface area (Å²) in [5.41, 5.74) is 1.24. The molecule has 1 atom stereocenters. The van der Waals surface area contributed by atoms with E-state index in [-0.39, 0.29) is 0 Å². The number of nitrogens with zero attached hydrogens (tertiary/aromatic N) is 1. The lowest BCUT2D eigenvalue weighted by Crippen LogP contribution is -2.36. The average molecular weight is 269 g/mol. The summed E-state index contributed by atoms with van der Waals surface area (Å²) in [5.74, 6) is 0.742. The zero-order chi connectivity index (χ0) is 13.0. The molecule has 1 fully saturated rings. The van der Waals surface area contributed by atoms with Crippen LogP contribution in [0.2, 0.25) is 5.02 Å². The third-order valence-corrected chi connectivity index (χ3v) is 3.85. The molecule has 100 valence electrons. The maximum atomic E-state index is 6.16. The van der Waals surface area contributed by atoms with Gasteiger partial charge in [0.2, 0.25) is 0 Å². The van der Waals surface area contributed by atoms with Crippen molar-refractivity contribution in [2.75, 3.05) is 26.7 Å². The Bertz CT molecular complexity index is 391. The highest BCUT2D eigenvalue weighted by molar-refractivity contribution is 6.32. The van der Waals surface area contributed by atoms with Crippen LogP contribution in [0.15, 0.2) is 18.2 Å². The van der Waals surface area contributed by atoms with Crippen LogP contribution >= 0.6 is 11.6 Å². The van der Waals surface area contributed by atoms with Crippen LogP contribution < -0.4 is 10.1 Å². The van der Waals surface area contributed by atoms with E-state index < -0.39 is 0 Å². The number of rotatable bonds is 5. The van der Waals surface area contributed by atoms with Gasteiger partial charge in [-0.05, 0) is 37.2 Å². The van der Waals surface area contributed by atoms with Crippen molar-refractivity contribution < 1.29 is 4.74 Å². The molecule has 3 nitrogen and oxygen atoms in total. The summed E-state index contributed by atoms with van der Waals surface area (Å²) in [7, 11) is 1.64. The minimum absolute atomic E-state index is 0.649. The number of hydrogen-bond acceptors (Lipinski definition) is 3. The molecule has 0 aliphatic carbocycles. The highest BCUT2D eigenvalue weighted by Gasteiger charge is 2.21. The van der Waals surface area contributed by atoms with Gasteiger partial charge in [-0.1, -0.05) is 24.6 Å². The monoisotopic (exact) mass is 268 g/mol. The second kappa shape index (κ2) is 6.41. The molecule has 0 aromatic heterocycles. The Morgan fingerprint density at radius 3 is 2.89 bits per heavy atom. The van der Waals surface area contributed by atoms with Crippen LogP contribution in [0.25, 0.3) is 0 Å². The molecule has 1 N–H and O–H groups in total. The van der Waals surface area contributed by atoms with Crippen molar-refractivity contribution in [2.45, 2.75) is 25.9 Å². The molecule has 1 heterocycles. The third kappa shape index (κ3) is 3.16. The molecular formula is C14H21ClN2O. The molecule has 0 bridgehead atoms. The van der Waals surface area contributed by atoms with Crippen molar-refractivity contribution in [3.63, 3.8) is 0 Å². The van der Waals surface area contributed by atoms with Gasteiger partial charge in [0.05, 0.1) is 12.1 Å². The van der Waals surface area contributed by atoms with Gasteiger partial charge in [-0.2, -0.15) is 0 Å². The van der Waals surface area contributed by atoms with Crippen molar-refractivity contribution in [2.24, 2.45) is 0 Å². The van der Waals surface area contributed by atoms with Crippen LogP contribution in [0.5, 0.6) is 5.75 Å². The Hall–Kier alpha value is -0.770. The van der Waals surface area contributed by atoms with Crippen LogP contribution in [0, 0.1) is 0 Å². The van der Waals surface area contributed by atoms with E-state index in [9.17, 15) is 0 Å². The molecule has 18 heavy (non-hydrogen) atoms. The molecule has 1 aromatic carbocycles. The first-order chi connectivity index (χ1) is 8.74. The van der Waals surface area contributed by atoms with Crippen molar-refractivity contribution in [1.82, 2.24) is 10.2 Å². The van der Waals surface area contributed by atoms with Crippen LogP contribution in [0.1, 0.15) is 18.9 Å². The van der Waals surface area contributed by atoms with Gasteiger partial charge in [-0.15, -0.1) is 0 Å². The van der Waals surface area contributed by atoms with Crippen molar-refractivity contribution in [3.8, 4) is 5.75 Å². The normalized spacial score (nSPS) is 19.4. The third-order valence-electron chi connectivity index (χ3n) is 3.56. The second-order valence-electron chi connectivity index (χ2n) is 4.68. The van der Waals surface area contributed by atoms with Gasteiger partial charge in [0.15, 0.2) is 0 Å². The molecule has 4 heteroatoms. The lowest BCUT2D eigenvalue weighted by atomic mass is 10.1. The van der Waals surface area contributed by atoms with Gasteiger partial charge in [0.25, 0.3) is 0 Å². The number of methoxy groups -OCH3 is 1. The van der Waals surface area contributed by atoms with Gasteiger partial charge in [-0.25, -0.2) is 0 Å². The van der Waals surface area contributed by atoms with Gasteiger partial charge >= 0.3 is 0 Å². The Kier molecular flexibility index (Phi) is 4.87. The topological polar surface area (TPSA) is 24.5 Å². The smallest absolute Gasteiger partial charge is 0.137 e. The van der Waals surface area contributed by atoms with E-state index in [4.69, 9.17) is 16.3 Å². The minimum Gasteiger partial charge on any atom is -0.495 e. The van der Waals surface area contributed by atoms with Crippen LogP contribution in [0.3, 0.4) is 0 Å². The Labute approximate surface area is 114 Å². The van der Waals surface area contributed by atoms with Crippen LogP contribution in [-0.4, -0.2) is 37.7 Å². The molecule has 0 amide bonds. The van der Waals surface area contributed by atoms with Gasteiger partial charge in [0, 0.05) is 19.1 Å². The maximum absolute atomic E-state index is 6.16. The summed E-state index contributed by atoms with van der Waals surface area (Å²) in [6.45, 7) is 6.45. The molecule has 0 radical (unpaired) electrons. The molecule has 1 aliphatic rings. The van der Waals surface area contributed by atoms with E-state index in [0.717, 1.165) is 31.9 Å². The molecule has 2 rings (SSSR count). The minimum atomic E-state index is 0.649. The SMILES string of the molecule is CCN(Cc1ccc(OC)c(Cl)c1)C1CCNC1. The van der Waals surface area contributed by atoms with Crippen molar-refractivity contribution in [1.29, 1.82) is 0 Å². The largest absolute Gasteiger partial charge is 0.495 e. The van der Waals surface area contributed by atoms with E-state index in [0.29, 0.717) is 11.1 Å². The first-order valence-electron chi connectivity index (χ1n) is 6.51. The van der Waals surface area contributed by atoms with Crippen molar-refractivity contribution in [3.05, 3.63) is 28.8 Å². The quantitative estimate of drug-likeness (QED) is 0.888. The number of hydrogen-bond donors (Lipinski definition) is 1. The van der Waals surface area contributed by atoms with Crippen molar-refractivity contribution >= 4 is 11.6 Å². The summed E-state index contributed by atoms with van der Waals surface area (Å²) in [5, 5.41) is 4.11. The van der Waals surface area contributed by atoms with Crippen LogP contribution in [0.4, 0.5) is 0 Å². The van der Waals surface area contributed by atoms with E-state index in [1.165, 1.54) is 12.0 Å². The Morgan fingerprint density at radius 2 is 2.33 bits per heavy atom. The Balaban J connectivity index is 2.04. The molecule has 1 saturated heterocycles. The van der Waals surface area contributed by atoms with E-state index in [1.807, 2.05) is 12.1 Å². The molecule has 1 unspecified atom stereocenters. The lowest BCUT2D eigenvalue weighted by Gasteiger charge is -2.27. The fourth-order valence-corrected chi connectivity index (χ4v) is 2.77. The first kappa shape index (κ1) is 13.7. The highest BCUT2D eigenvalue weighted by atomic mass is 35.5. The number of likely N-dealkylation sites (N-methyl/N-ethyl adjacent to an activating group) is 1. The van der Waals surface area contributed by atoms with E-state index >= 15 is 0 Å². The average Bonchev–Trinajstić information content (AvgIpc) is 2.90. The fraction of sp³-hybridized carbons (Fsp3) is 0.571. The second-order valence-corrected chi connectivity index (χ2v) is 5.09. The Morgan fingerprint density at radius 1 is 1.50 bits per heavy atom. The molecule has 0 saturated carbocycles. The summed E-state index contributed by atoms with van der Waals surface area (Å²) in [6.07, 6.45) is 1.23. The van der Waals surface area contributed by atoms with Gasteiger partial charge in [0.1, 0.15) is 5.75 Å².